The highest BCUT2D eigenvalue weighted by Crippen LogP contribution is 2.68. The average molecular weight is 247 g/mol. The summed E-state index contributed by atoms with van der Waals surface area (Å²) in [6.45, 7) is 10.1. The Labute approximate surface area is 108 Å². The number of hydrogen-bond donors (Lipinski definition) is 2. The summed E-state index contributed by atoms with van der Waals surface area (Å²) in [7, 11) is 0. The second kappa shape index (κ2) is 4.01. The van der Waals surface area contributed by atoms with Gasteiger partial charge in [0, 0.05) is 12.2 Å². The largest absolute Gasteiger partial charge is 0.478 e. The van der Waals surface area contributed by atoms with Gasteiger partial charge in [-0.15, -0.1) is 0 Å². The fourth-order valence-electron chi connectivity index (χ4n) is 2.79. The molecule has 0 unspecified atom stereocenters. The van der Waals surface area contributed by atoms with Gasteiger partial charge in [0.2, 0.25) is 0 Å². The molecule has 2 rings (SSSR count). The molecule has 0 aromatic heterocycles. The molecule has 0 spiro atoms. The van der Waals surface area contributed by atoms with Gasteiger partial charge in [-0.3, -0.25) is 0 Å². The first kappa shape index (κ1) is 12.9. The Morgan fingerprint density at radius 2 is 1.67 bits per heavy atom. The number of rotatable bonds is 4. The average Bonchev–Trinajstić information content (AvgIpc) is 2.67. The van der Waals surface area contributed by atoms with Crippen molar-refractivity contribution in [1.29, 1.82) is 0 Å². The van der Waals surface area contributed by atoms with E-state index >= 15 is 0 Å². The van der Waals surface area contributed by atoms with Crippen LogP contribution in [0.5, 0.6) is 0 Å². The standard InChI is InChI=1S/C15H21NO2/c1-14(2)12(15(14,3)4)9-16-11-7-5-10(6-8-11)13(17)18/h5-8,12,16H,9H2,1-4H3,(H,17,18). The summed E-state index contributed by atoms with van der Waals surface area (Å²) < 4.78 is 0. The second-order valence-electron chi connectivity index (χ2n) is 6.26. The number of anilines is 1. The lowest BCUT2D eigenvalue weighted by Gasteiger charge is -2.07. The summed E-state index contributed by atoms with van der Waals surface area (Å²) in [6, 6.07) is 6.92. The van der Waals surface area contributed by atoms with Crippen LogP contribution >= 0.6 is 0 Å². The number of hydrogen-bond acceptors (Lipinski definition) is 2. The predicted octanol–water partition coefficient (Wildman–Crippen LogP) is 3.48. The van der Waals surface area contributed by atoms with Crippen molar-refractivity contribution >= 4 is 11.7 Å². The van der Waals surface area contributed by atoms with Crippen LogP contribution in [0.3, 0.4) is 0 Å². The van der Waals surface area contributed by atoms with E-state index in [1.165, 1.54) is 0 Å². The fourth-order valence-corrected chi connectivity index (χ4v) is 2.79. The highest BCUT2D eigenvalue weighted by atomic mass is 16.4. The molecule has 0 radical (unpaired) electrons. The lowest BCUT2D eigenvalue weighted by Crippen LogP contribution is -2.08. The molecule has 1 saturated carbocycles. The van der Waals surface area contributed by atoms with Gasteiger partial charge in [0.05, 0.1) is 5.56 Å². The smallest absolute Gasteiger partial charge is 0.335 e. The van der Waals surface area contributed by atoms with E-state index in [-0.39, 0.29) is 0 Å². The molecule has 18 heavy (non-hydrogen) atoms. The van der Waals surface area contributed by atoms with Crippen LogP contribution < -0.4 is 5.32 Å². The molecule has 1 aromatic rings. The van der Waals surface area contributed by atoms with Gasteiger partial charge in [-0.05, 0) is 41.0 Å². The normalized spacial score (nSPS) is 20.4. The van der Waals surface area contributed by atoms with Crippen LogP contribution in [0, 0.1) is 16.7 Å². The van der Waals surface area contributed by atoms with Crippen LogP contribution in [-0.4, -0.2) is 17.6 Å². The SMILES string of the molecule is CC1(C)C(CNc2ccc(C(=O)O)cc2)C1(C)C. The summed E-state index contributed by atoms with van der Waals surface area (Å²) in [5, 5.41) is 12.2. The van der Waals surface area contributed by atoms with Crippen molar-refractivity contribution in [2.75, 3.05) is 11.9 Å². The molecule has 1 fully saturated rings. The van der Waals surface area contributed by atoms with E-state index in [4.69, 9.17) is 5.11 Å². The third kappa shape index (κ3) is 1.98. The number of carbonyl (C=O) groups is 1. The molecule has 0 saturated heterocycles. The molecule has 0 atom stereocenters. The van der Waals surface area contributed by atoms with Crippen LogP contribution in [0.2, 0.25) is 0 Å². The Balaban J connectivity index is 1.94. The lowest BCUT2D eigenvalue weighted by molar-refractivity contribution is 0.0697. The van der Waals surface area contributed by atoms with Gasteiger partial charge < -0.3 is 10.4 Å². The maximum absolute atomic E-state index is 10.7. The zero-order chi connectivity index (χ0) is 13.6. The molecular weight excluding hydrogens is 226 g/mol. The minimum atomic E-state index is -0.883. The summed E-state index contributed by atoms with van der Waals surface area (Å²) in [5.74, 6) is -0.227. The minimum absolute atomic E-state index is 0.327. The molecule has 0 heterocycles. The van der Waals surface area contributed by atoms with Crippen molar-refractivity contribution in [3.8, 4) is 0 Å². The molecule has 3 heteroatoms. The van der Waals surface area contributed by atoms with Gasteiger partial charge in [0.25, 0.3) is 0 Å². The molecule has 0 aliphatic heterocycles. The Morgan fingerprint density at radius 3 is 2.06 bits per heavy atom. The predicted molar refractivity (Wildman–Crippen MR) is 72.9 cm³/mol. The zero-order valence-electron chi connectivity index (χ0n) is 11.4. The third-order valence-corrected chi connectivity index (χ3v) is 4.96. The van der Waals surface area contributed by atoms with Crippen molar-refractivity contribution in [3.63, 3.8) is 0 Å². The number of carboxylic acids is 1. The van der Waals surface area contributed by atoms with E-state index in [2.05, 4.69) is 33.0 Å². The summed E-state index contributed by atoms with van der Waals surface area (Å²) in [4.78, 5) is 10.7. The van der Waals surface area contributed by atoms with Crippen molar-refractivity contribution < 1.29 is 9.90 Å². The van der Waals surface area contributed by atoms with Crippen LogP contribution in [0.25, 0.3) is 0 Å². The Bertz CT molecular complexity index is 446. The number of aromatic carboxylic acids is 1. The summed E-state index contributed by atoms with van der Waals surface area (Å²) in [6.07, 6.45) is 0. The van der Waals surface area contributed by atoms with Crippen LogP contribution in [0.15, 0.2) is 24.3 Å². The molecule has 2 N–H and O–H groups in total. The number of carboxylic acid groups (broad SMARTS) is 1. The molecule has 1 aliphatic rings. The Kier molecular flexibility index (Phi) is 2.88. The van der Waals surface area contributed by atoms with Gasteiger partial charge in [0.15, 0.2) is 0 Å². The number of nitrogens with one attached hydrogen (secondary N) is 1. The van der Waals surface area contributed by atoms with Crippen molar-refractivity contribution in [1.82, 2.24) is 0 Å². The van der Waals surface area contributed by atoms with Crippen molar-refractivity contribution in [2.24, 2.45) is 16.7 Å². The van der Waals surface area contributed by atoms with Crippen molar-refractivity contribution in [3.05, 3.63) is 29.8 Å². The molecule has 1 aromatic carbocycles. The molecule has 98 valence electrons. The third-order valence-electron chi connectivity index (χ3n) is 4.96. The Morgan fingerprint density at radius 1 is 1.17 bits per heavy atom. The topological polar surface area (TPSA) is 49.3 Å². The fraction of sp³-hybridized carbons (Fsp3) is 0.533. The van der Waals surface area contributed by atoms with E-state index in [0.717, 1.165) is 12.2 Å². The van der Waals surface area contributed by atoms with Gasteiger partial charge in [-0.2, -0.15) is 0 Å². The first-order chi connectivity index (χ1) is 8.26. The van der Waals surface area contributed by atoms with E-state index < -0.39 is 5.97 Å². The van der Waals surface area contributed by atoms with Gasteiger partial charge in [-0.25, -0.2) is 4.79 Å². The van der Waals surface area contributed by atoms with Gasteiger partial charge in [-0.1, -0.05) is 27.7 Å². The first-order valence-corrected chi connectivity index (χ1v) is 6.34. The van der Waals surface area contributed by atoms with Crippen molar-refractivity contribution in [2.45, 2.75) is 27.7 Å². The van der Waals surface area contributed by atoms with Crippen LogP contribution in [0.1, 0.15) is 38.1 Å². The second-order valence-corrected chi connectivity index (χ2v) is 6.26. The maximum Gasteiger partial charge on any atom is 0.335 e. The van der Waals surface area contributed by atoms with E-state index in [1.807, 2.05) is 12.1 Å². The van der Waals surface area contributed by atoms with E-state index in [0.29, 0.717) is 22.3 Å². The highest BCUT2D eigenvalue weighted by Gasteiger charge is 2.63. The van der Waals surface area contributed by atoms with Gasteiger partial charge in [0.1, 0.15) is 0 Å². The summed E-state index contributed by atoms with van der Waals surface area (Å²) >= 11 is 0. The molecule has 0 amide bonds. The molecular formula is C15H21NO2. The maximum atomic E-state index is 10.7. The monoisotopic (exact) mass is 247 g/mol. The summed E-state index contributed by atoms with van der Waals surface area (Å²) in [5.41, 5.74) is 2.06. The van der Waals surface area contributed by atoms with E-state index in [9.17, 15) is 4.79 Å². The molecule has 0 bridgehead atoms. The first-order valence-electron chi connectivity index (χ1n) is 6.34. The van der Waals surface area contributed by atoms with E-state index in [1.54, 1.807) is 12.1 Å². The zero-order valence-corrected chi connectivity index (χ0v) is 11.4. The van der Waals surface area contributed by atoms with Crippen LogP contribution in [-0.2, 0) is 0 Å². The number of benzene rings is 1. The lowest BCUT2D eigenvalue weighted by atomic mass is 10.0. The minimum Gasteiger partial charge on any atom is -0.478 e. The van der Waals surface area contributed by atoms with Gasteiger partial charge >= 0.3 is 5.97 Å². The molecule has 1 aliphatic carbocycles. The molecule has 3 nitrogen and oxygen atoms in total. The highest BCUT2D eigenvalue weighted by molar-refractivity contribution is 5.87. The Hall–Kier alpha value is -1.51. The van der Waals surface area contributed by atoms with Crippen LogP contribution in [0.4, 0.5) is 5.69 Å². The quantitative estimate of drug-likeness (QED) is 0.856.